The Morgan fingerprint density at radius 3 is 2.72 bits per heavy atom. The van der Waals surface area contributed by atoms with Crippen molar-refractivity contribution in [1.82, 2.24) is 9.97 Å². The molecular formula is C23H22F2N4O2S. The van der Waals surface area contributed by atoms with Gasteiger partial charge in [0.15, 0.2) is 0 Å². The molecule has 2 heterocycles. The highest BCUT2D eigenvalue weighted by Crippen LogP contribution is 2.44. The quantitative estimate of drug-likeness (QED) is 0.594. The maximum Gasteiger partial charge on any atom is 0.275 e. The molecule has 0 spiro atoms. The molecule has 32 heavy (non-hydrogen) atoms. The van der Waals surface area contributed by atoms with E-state index in [0.29, 0.717) is 28.1 Å². The zero-order valence-corrected chi connectivity index (χ0v) is 18.5. The highest BCUT2D eigenvalue weighted by molar-refractivity contribution is 7.85. The topological polar surface area (TPSA) is 89.2 Å². The maximum atomic E-state index is 14.6. The lowest BCUT2D eigenvalue weighted by molar-refractivity contribution is -0.115. The minimum absolute atomic E-state index is 0.00111. The first kappa shape index (κ1) is 22.0. The van der Waals surface area contributed by atoms with Crippen LogP contribution in [0.2, 0.25) is 0 Å². The van der Waals surface area contributed by atoms with Crippen molar-refractivity contribution in [2.45, 2.75) is 37.6 Å². The molecule has 2 aromatic carbocycles. The molecule has 166 valence electrons. The molecule has 0 saturated heterocycles. The van der Waals surface area contributed by atoms with Crippen LogP contribution in [-0.2, 0) is 28.1 Å². The Hall–Kier alpha value is -3.20. The van der Waals surface area contributed by atoms with Gasteiger partial charge >= 0.3 is 0 Å². The predicted molar refractivity (Wildman–Crippen MR) is 121 cm³/mol. The number of benzene rings is 2. The van der Waals surface area contributed by atoms with Gasteiger partial charge in [-0.2, -0.15) is 0 Å². The summed E-state index contributed by atoms with van der Waals surface area (Å²) < 4.78 is 41.9. The van der Waals surface area contributed by atoms with Gasteiger partial charge in [0.1, 0.15) is 5.82 Å². The number of nitrogens with two attached hydrogens (primary N) is 1. The number of hydrogen-bond donors (Lipinski definition) is 1. The van der Waals surface area contributed by atoms with E-state index in [0.717, 1.165) is 0 Å². The van der Waals surface area contributed by atoms with Crippen LogP contribution >= 0.6 is 0 Å². The lowest BCUT2D eigenvalue weighted by atomic mass is 10.0. The first-order valence-electron chi connectivity index (χ1n) is 9.98. The van der Waals surface area contributed by atoms with Crippen molar-refractivity contribution >= 4 is 39.2 Å². The van der Waals surface area contributed by atoms with E-state index in [2.05, 4.69) is 16.5 Å². The van der Waals surface area contributed by atoms with Crippen LogP contribution in [0.25, 0.3) is 11.0 Å². The Morgan fingerprint density at radius 1 is 1.25 bits per heavy atom. The number of alkyl halides is 2. The van der Waals surface area contributed by atoms with Crippen LogP contribution in [-0.4, -0.2) is 25.8 Å². The first-order valence-corrected chi connectivity index (χ1v) is 11.3. The summed E-state index contributed by atoms with van der Waals surface area (Å²) >= 11 is 0. The number of aryl methyl sites for hydroxylation is 1. The Kier molecular flexibility index (Phi) is 5.54. The van der Waals surface area contributed by atoms with Gasteiger partial charge in [-0.05, 0) is 37.6 Å². The fraction of sp³-hybridized carbons (Fsp3) is 0.261. The molecule has 1 aliphatic rings. The number of carbonyl (C=O) groups is 1. The third-order valence-corrected chi connectivity index (χ3v) is 6.86. The summed E-state index contributed by atoms with van der Waals surface area (Å²) in [6.45, 7) is 7.08. The van der Waals surface area contributed by atoms with E-state index in [1.807, 2.05) is 0 Å². The summed E-state index contributed by atoms with van der Waals surface area (Å²) in [7, 11) is -1.65. The highest BCUT2D eigenvalue weighted by Gasteiger charge is 2.41. The summed E-state index contributed by atoms with van der Waals surface area (Å²) in [6.07, 6.45) is -0.491. The lowest BCUT2D eigenvalue weighted by Crippen LogP contribution is -2.34. The molecule has 1 atom stereocenters. The second-order valence-electron chi connectivity index (χ2n) is 7.85. The molecule has 3 aromatic rings. The molecule has 0 saturated carbocycles. The molecule has 0 radical (unpaired) electrons. The van der Waals surface area contributed by atoms with Gasteiger partial charge in [0.05, 0.1) is 44.7 Å². The van der Waals surface area contributed by atoms with Gasteiger partial charge in [-0.25, -0.2) is 18.7 Å². The number of nitrogens with zero attached hydrogens (tertiary/aromatic N) is 3. The lowest BCUT2D eigenvalue weighted by Gasteiger charge is -2.31. The molecule has 0 aliphatic carbocycles. The van der Waals surface area contributed by atoms with Crippen molar-refractivity contribution in [2.24, 2.45) is 0 Å². The van der Waals surface area contributed by atoms with Gasteiger partial charge in [-0.15, -0.1) is 0 Å². The largest absolute Gasteiger partial charge is 0.382 e. The molecule has 1 aliphatic heterocycles. The van der Waals surface area contributed by atoms with E-state index in [4.69, 9.17) is 5.73 Å². The molecule has 6 nitrogen and oxygen atoms in total. The zero-order chi connectivity index (χ0) is 23.2. The summed E-state index contributed by atoms with van der Waals surface area (Å²) in [5.74, 6) is -3.42. The van der Waals surface area contributed by atoms with Gasteiger partial charge in [-0.3, -0.25) is 9.00 Å². The van der Waals surface area contributed by atoms with Gasteiger partial charge < -0.3 is 10.6 Å². The number of nitrogen functional groups attached to an aromatic ring is 1. The fourth-order valence-electron chi connectivity index (χ4n) is 3.70. The average Bonchev–Trinajstić information content (AvgIpc) is 2.75. The minimum Gasteiger partial charge on any atom is -0.382 e. The third-order valence-electron chi connectivity index (χ3n) is 5.40. The van der Waals surface area contributed by atoms with Crippen molar-refractivity contribution < 1.29 is 17.8 Å². The molecule has 1 aromatic heterocycles. The van der Waals surface area contributed by atoms with Crippen LogP contribution in [0.5, 0.6) is 0 Å². The number of anilines is 2. The molecule has 0 bridgehead atoms. The summed E-state index contributed by atoms with van der Waals surface area (Å²) in [6, 6.07) is 9.57. The van der Waals surface area contributed by atoms with Gasteiger partial charge in [0.2, 0.25) is 0 Å². The van der Waals surface area contributed by atoms with E-state index in [1.54, 1.807) is 38.1 Å². The Morgan fingerprint density at radius 2 is 2.00 bits per heavy atom. The van der Waals surface area contributed by atoms with Gasteiger partial charge in [0.25, 0.3) is 11.8 Å². The smallest absolute Gasteiger partial charge is 0.275 e. The first-order chi connectivity index (χ1) is 15.1. The number of rotatable bonds is 4. The van der Waals surface area contributed by atoms with Crippen LogP contribution in [0.15, 0.2) is 53.4 Å². The van der Waals surface area contributed by atoms with E-state index >= 15 is 0 Å². The molecule has 2 N–H and O–H groups in total. The Balaban J connectivity index is 1.83. The monoisotopic (exact) mass is 456 g/mol. The second kappa shape index (κ2) is 8.05. The normalized spacial score (nSPS) is 17.1. The summed E-state index contributed by atoms with van der Waals surface area (Å²) in [4.78, 5) is 23.1. The van der Waals surface area contributed by atoms with E-state index in [-0.39, 0.29) is 34.0 Å². The molecule has 0 fully saturated rings. The number of aromatic nitrogens is 2. The van der Waals surface area contributed by atoms with E-state index in [1.165, 1.54) is 17.0 Å². The zero-order valence-electron chi connectivity index (χ0n) is 17.7. The van der Waals surface area contributed by atoms with Crippen LogP contribution < -0.4 is 10.6 Å². The van der Waals surface area contributed by atoms with Crippen molar-refractivity contribution in [3.05, 3.63) is 65.4 Å². The number of halogens is 2. The van der Waals surface area contributed by atoms with E-state index < -0.39 is 29.1 Å². The maximum absolute atomic E-state index is 14.6. The van der Waals surface area contributed by atoms with Gasteiger partial charge in [0, 0.05) is 23.3 Å². The molecule has 4 rings (SSSR count). The van der Waals surface area contributed by atoms with Crippen LogP contribution in [0, 0.1) is 6.92 Å². The standard InChI is InChI=1S/C23H22F2N4O2S/c1-13(2)22(30)29(12-15-7-8-17-18(11-15)28-21(26)14(3)27-17)19-6-4-5-16-20(19)32(31)10-9-23(16,24)25/h4-8,11H,1,9-10,12H2,2-3H3,(H2,26,28). The van der Waals surface area contributed by atoms with Gasteiger partial charge in [-0.1, -0.05) is 24.8 Å². The average molecular weight is 457 g/mol. The molecular weight excluding hydrogens is 434 g/mol. The highest BCUT2D eigenvalue weighted by atomic mass is 32.2. The van der Waals surface area contributed by atoms with Crippen molar-refractivity contribution in [3.63, 3.8) is 0 Å². The van der Waals surface area contributed by atoms with E-state index in [9.17, 15) is 17.8 Å². The summed E-state index contributed by atoms with van der Waals surface area (Å²) in [5, 5.41) is 0. The fourth-order valence-corrected chi connectivity index (χ4v) is 5.22. The van der Waals surface area contributed by atoms with Crippen LogP contribution in [0.4, 0.5) is 20.3 Å². The van der Waals surface area contributed by atoms with Crippen molar-refractivity contribution in [1.29, 1.82) is 0 Å². The van der Waals surface area contributed by atoms with Crippen molar-refractivity contribution in [2.75, 3.05) is 16.4 Å². The minimum atomic E-state index is -3.11. The van der Waals surface area contributed by atoms with Crippen LogP contribution in [0.3, 0.4) is 0 Å². The van der Waals surface area contributed by atoms with Crippen LogP contribution in [0.1, 0.15) is 30.2 Å². The third kappa shape index (κ3) is 3.88. The number of fused-ring (bicyclic) bond motifs is 2. The number of hydrogen-bond acceptors (Lipinski definition) is 5. The van der Waals surface area contributed by atoms with Crippen molar-refractivity contribution in [3.8, 4) is 0 Å². The second-order valence-corrected chi connectivity index (χ2v) is 9.35. The molecule has 9 heteroatoms. The predicted octanol–water partition coefficient (Wildman–Crippen LogP) is 4.23. The SMILES string of the molecule is C=C(C)C(=O)N(Cc1ccc2nc(C)c(N)nc2c1)c1cccc2c1S(=O)CCC2(F)F. The molecule has 1 unspecified atom stereocenters. The number of amides is 1. The Labute approximate surface area is 186 Å². The Bertz CT molecular complexity index is 1290. The number of carbonyl (C=O) groups excluding carboxylic acids is 1. The molecule has 1 amide bonds. The summed E-state index contributed by atoms with van der Waals surface area (Å²) in [5.41, 5.74) is 8.52.